The number of hydrogen-bond acceptors (Lipinski definition) is 3. The van der Waals surface area contributed by atoms with Crippen LogP contribution in [0.1, 0.15) is 43.1 Å². The van der Waals surface area contributed by atoms with Gasteiger partial charge in [0.2, 0.25) is 5.91 Å². The van der Waals surface area contributed by atoms with Gasteiger partial charge in [0, 0.05) is 36.6 Å². The maximum absolute atomic E-state index is 13.1. The smallest absolute Gasteiger partial charge is 0.253 e. The van der Waals surface area contributed by atoms with Gasteiger partial charge in [0.1, 0.15) is 0 Å². The SMILES string of the molecule is CCN(C(=O)CNc1cc(C(=O)N2CC(C)CC(C)C2)ccc1C)c1ccccc1. The molecular formula is C25H33N3O2. The van der Waals surface area contributed by atoms with Gasteiger partial charge in [0.15, 0.2) is 0 Å². The number of nitrogens with zero attached hydrogens (tertiary/aromatic N) is 2. The van der Waals surface area contributed by atoms with E-state index >= 15 is 0 Å². The van der Waals surface area contributed by atoms with Crippen LogP contribution in [0.2, 0.25) is 0 Å². The van der Waals surface area contributed by atoms with Crippen molar-refractivity contribution in [2.45, 2.75) is 34.1 Å². The first-order valence-corrected chi connectivity index (χ1v) is 10.9. The van der Waals surface area contributed by atoms with Crippen molar-refractivity contribution in [1.29, 1.82) is 0 Å². The Morgan fingerprint density at radius 1 is 1.07 bits per heavy atom. The molecule has 1 saturated heterocycles. The van der Waals surface area contributed by atoms with E-state index in [1.54, 1.807) is 4.90 Å². The summed E-state index contributed by atoms with van der Waals surface area (Å²) in [5, 5.41) is 3.25. The van der Waals surface area contributed by atoms with E-state index in [2.05, 4.69) is 19.2 Å². The molecule has 1 aliphatic heterocycles. The minimum atomic E-state index is -0.00138. The average molecular weight is 408 g/mol. The molecule has 0 saturated carbocycles. The van der Waals surface area contributed by atoms with Crippen molar-refractivity contribution in [1.82, 2.24) is 4.90 Å². The van der Waals surface area contributed by atoms with Gasteiger partial charge in [-0.1, -0.05) is 38.1 Å². The van der Waals surface area contributed by atoms with Crippen LogP contribution in [0.25, 0.3) is 0 Å². The molecule has 2 amide bonds. The van der Waals surface area contributed by atoms with Crippen LogP contribution in [0, 0.1) is 18.8 Å². The monoisotopic (exact) mass is 407 g/mol. The predicted molar refractivity (Wildman–Crippen MR) is 123 cm³/mol. The Balaban J connectivity index is 1.69. The Bertz CT molecular complexity index is 871. The van der Waals surface area contributed by atoms with Gasteiger partial charge in [0.25, 0.3) is 5.91 Å². The topological polar surface area (TPSA) is 52.7 Å². The van der Waals surface area contributed by atoms with Gasteiger partial charge in [-0.3, -0.25) is 9.59 Å². The van der Waals surface area contributed by atoms with Crippen LogP contribution in [-0.4, -0.2) is 42.9 Å². The number of likely N-dealkylation sites (tertiary alicyclic amines) is 1. The molecule has 0 aromatic heterocycles. The molecule has 30 heavy (non-hydrogen) atoms. The van der Waals surface area contributed by atoms with E-state index in [0.29, 0.717) is 23.9 Å². The first-order valence-electron chi connectivity index (χ1n) is 10.9. The number of aryl methyl sites for hydroxylation is 1. The molecule has 5 heteroatoms. The number of anilines is 2. The minimum Gasteiger partial charge on any atom is -0.376 e. The summed E-state index contributed by atoms with van der Waals surface area (Å²) in [5.74, 6) is 1.12. The Hall–Kier alpha value is -2.82. The normalized spacial score (nSPS) is 18.7. The summed E-state index contributed by atoms with van der Waals surface area (Å²) in [6, 6.07) is 15.4. The number of rotatable bonds is 6. The van der Waals surface area contributed by atoms with Crippen LogP contribution in [0.4, 0.5) is 11.4 Å². The van der Waals surface area contributed by atoms with E-state index in [9.17, 15) is 9.59 Å². The molecule has 1 N–H and O–H groups in total. The highest BCUT2D eigenvalue weighted by molar-refractivity contribution is 5.97. The van der Waals surface area contributed by atoms with Crippen molar-refractivity contribution < 1.29 is 9.59 Å². The highest BCUT2D eigenvalue weighted by atomic mass is 16.2. The molecule has 1 aliphatic rings. The third-order valence-corrected chi connectivity index (χ3v) is 5.76. The summed E-state index contributed by atoms with van der Waals surface area (Å²) in [6.45, 7) is 10.8. The summed E-state index contributed by atoms with van der Waals surface area (Å²) in [7, 11) is 0. The predicted octanol–water partition coefficient (Wildman–Crippen LogP) is 4.58. The Morgan fingerprint density at radius 3 is 2.37 bits per heavy atom. The maximum atomic E-state index is 13.1. The number of benzene rings is 2. The molecule has 2 aromatic carbocycles. The van der Waals surface area contributed by atoms with Gasteiger partial charge in [-0.2, -0.15) is 0 Å². The Kier molecular flexibility index (Phi) is 7.14. The fourth-order valence-corrected chi connectivity index (χ4v) is 4.33. The number of hydrogen-bond donors (Lipinski definition) is 1. The molecule has 1 fully saturated rings. The lowest BCUT2D eigenvalue weighted by molar-refractivity contribution is -0.116. The number of amides is 2. The number of nitrogens with one attached hydrogen (secondary N) is 1. The van der Waals surface area contributed by atoms with Crippen molar-refractivity contribution in [2.24, 2.45) is 11.8 Å². The highest BCUT2D eigenvalue weighted by Gasteiger charge is 2.26. The van der Waals surface area contributed by atoms with Gasteiger partial charge in [-0.25, -0.2) is 0 Å². The van der Waals surface area contributed by atoms with Crippen LogP contribution < -0.4 is 10.2 Å². The second-order valence-electron chi connectivity index (χ2n) is 8.51. The third-order valence-electron chi connectivity index (χ3n) is 5.76. The average Bonchev–Trinajstić information content (AvgIpc) is 2.73. The van der Waals surface area contributed by atoms with E-state index in [1.165, 1.54) is 6.42 Å². The molecule has 0 spiro atoms. The van der Waals surface area contributed by atoms with Crippen molar-refractivity contribution in [3.05, 3.63) is 59.7 Å². The largest absolute Gasteiger partial charge is 0.376 e. The van der Waals surface area contributed by atoms with Gasteiger partial charge in [-0.15, -0.1) is 0 Å². The molecule has 0 aliphatic carbocycles. The van der Waals surface area contributed by atoms with Gasteiger partial charge in [-0.05, 0) is 61.9 Å². The third kappa shape index (κ3) is 5.21. The quantitative estimate of drug-likeness (QED) is 0.763. The summed E-state index contributed by atoms with van der Waals surface area (Å²) < 4.78 is 0. The second kappa shape index (κ2) is 9.79. The van der Waals surface area contributed by atoms with Gasteiger partial charge < -0.3 is 15.1 Å². The number of para-hydroxylation sites is 1. The fraction of sp³-hybridized carbons (Fsp3) is 0.440. The standard InChI is InChI=1S/C25H33N3O2/c1-5-28(22-9-7-6-8-10-22)24(29)15-26-23-14-21(12-11-20(23)4)25(30)27-16-18(2)13-19(3)17-27/h6-12,14,18-19,26H,5,13,15-17H2,1-4H3. The summed E-state index contributed by atoms with van der Waals surface area (Å²) in [4.78, 5) is 29.6. The van der Waals surface area contributed by atoms with Crippen LogP contribution in [0.3, 0.4) is 0 Å². The minimum absolute atomic E-state index is 0.00138. The van der Waals surface area contributed by atoms with Crippen LogP contribution >= 0.6 is 0 Å². The molecule has 0 radical (unpaired) electrons. The highest BCUT2D eigenvalue weighted by Crippen LogP contribution is 2.24. The fourth-order valence-electron chi connectivity index (χ4n) is 4.33. The van der Waals surface area contributed by atoms with Crippen LogP contribution in [0.5, 0.6) is 0 Å². The van der Waals surface area contributed by atoms with Crippen molar-refractivity contribution in [3.8, 4) is 0 Å². The van der Waals surface area contributed by atoms with Crippen molar-refractivity contribution >= 4 is 23.2 Å². The molecule has 3 rings (SSSR count). The molecule has 160 valence electrons. The zero-order chi connectivity index (χ0) is 21.7. The summed E-state index contributed by atoms with van der Waals surface area (Å²) in [6.07, 6.45) is 1.17. The second-order valence-corrected chi connectivity index (χ2v) is 8.51. The number of likely N-dealkylation sites (N-methyl/N-ethyl adjacent to an activating group) is 1. The molecule has 1 heterocycles. The Morgan fingerprint density at radius 2 is 1.73 bits per heavy atom. The van der Waals surface area contributed by atoms with Crippen molar-refractivity contribution in [3.63, 3.8) is 0 Å². The molecule has 2 unspecified atom stereocenters. The van der Waals surface area contributed by atoms with E-state index < -0.39 is 0 Å². The zero-order valence-corrected chi connectivity index (χ0v) is 18.5. The Labute approximate surface area is 180 Å². The van der Waals surface area contributed by atoms with Crippen molar-refractivity contribution in [2.75, 3.05) is 36.4 Å². The van der Waals surface area contributed by atoms with Crippen LogP contribution in [-0.2, 0) is 4.79 Å². The molecular weight excluding hydrogens is 374 g/mol. The lowest BCUT2D eigenvalue weighted by Crippen LogP contribution is -2.42. The number of piperidine rings is 1. The zero-order valence-electron chi connectivity index (χ0n) is 18.5. The molecule has 5 nitrogen and oxygen atoms in total. The summed E-state index contributed by atoms with van der Waals surface area (Å²) >= 11 is 0. The number of carbonyl (C=O) groups excluding carboxylic acids is 2. The lowest BCUT2D eigenvalue weighted by Gasteiger charge is -2.35. The van der Waals surface area contributed by atoms with Gasteiger partial charge in [0.05, 0.1) is 6.54 Å². The first kappa shape index (κ1) is 21.9. The van der Waals surface area contributed by atoms with E-state index in [-0.39, 0.29) is 18.4 Å². The van der Waals surface area contributed by atoms with E-state index in [4.69, 9.17) is 0 Å². The first-order chi connectivity index (χ1) is 14.4. The van der Waals surface area contributed by atoms with E-state index in [0.717, 1.165) is 30.0 Å². The number of carbonyl (C=O) groups is 2. The maximum Gasteiger partial charge on any atom is 0.253 e. The van der Waals surface area contributed by atoms with Gasteiger partial charge >= 0.3 is 0 Å². The lowest BCUT2D eigenvalue weighted by atomic mass is 9.91. The molecule has 2 atom stereocenters. The van der Waals surface area contributed by atoms with Crippen LogP contribution in [0.15, 0.2) is 48.5 Å². The molecule has 2 aromatic rings. The van der Waals surface area contributed by atoms with E-state index in [1.807, 2.05) is 67.3 Å². The molecule has 0 bridgehead atoms. The summed E-state index contributed by atoms with van der Waals surface area (Å²) in [5.41, 5.74) is 3.41.